The predicted molar refractivity (Wildman–Crippen MR) is 72.6 cm³/mol. The highest BCUT2D eigenvalue weighted by Crippen LogP contribution is 2.16. The molecule has 1 aliphatic rings. The normalized spacial score (nSPS) is 20.0. The average molecular weight is 285 g/mol. The number of benzene rings is 1. The highest BCUT2D eigenvalue weighted by Gasteiger charge is 2.21. The van der Waals surface area contributed by atoms with E-state index >= 15 is 0 Å². The minimum absolute atomic E-state index is 0.0657. The van der Waals surface area contributed by atoms with Crippen molar-refractivity contribution < 1.29 is 9.53 Å². The predicted octanol–water partition coefficient (Wildman–Crippen LogP) is 0.205. The van der Waals surface area contributed by atoms with E-state index in [1.54, 1.807) is 24.3 Å². The van der Waals surface area contributed by atoms with Crippen molar-refractivity contribution in [3.8, 4) is 5.75 Å². The largest absolute Gasteiger partial charge is 0.489 e. The van der Waals surface area contributed by atoms with Crippen LogP contribution in [0.15, 0.2) is 24.3 Å². The number of hydrazine groups is 2. The van der Waals surface area contributed by atoms with Crippen LogP contribution < -0.4 is 26.4 Å². The summed E-state index contributed by atoms with van der Waals surface area (Å²) in [5.74, 6) is 0.664. The maximum absolute atomic E-state index is 11.7. The highest BCUT2D eigenvalue weighted by atomic mass is 35.5. The molecule has 4 N–H and O–H groups in total. The van der Waals surface area contributed by atoms with Crippen LogP contribution in [0.25, 0.3) is 0 Å². The van der Waals surface area contributed by atoms with Crippen molar-refractivity contribution in [2.45, 2.75) is 19.1 Å². The van der Waals surface area contributed by atoms with E-state index in [9.17, 15) is 4.79 Å². The standard InChI is InChI=1S/C12H17ClN4O2/c1-8(19-10-4-2-9(13)3-5-10)6-14-12(18)11-7-15-17-16-11/h2-5,8,11,15-17H,6-7H2,1H3,(H,14,18). The highest BCUT2D eigenvalue weighted by molar-refractivity contribution is 6.30. The molecule has 0 aliphatic carbocycles. The van der Waals surface area contributed by atoms with Crippen LogP contribution in [0, 0.1) is 0 Å². The zero-order valence-electron chi connectivity index (χ0n) is 10.6. The van der Waals surface area contributed by atoms with Crippen LogP contribution in [0.3, 0.4) is 0 Å². The number of carbonyl (C=O) groups excluding carboxylic acids is 1. The lowest BCUT2D eigenvalue weighted by atomic mass is 10.3. The molecule has 0 spiro atoms. The van der Waals surface area contributed by atoms with Gasteiger partial charge in [-0.05, 0) is 31.2 Å². The Bertz CT molecular complexity index is 420. The first-order valence-corrected chi connectivity index (χ1v) is 6.46. The average Bonchev–Trinajstić information content (AvgIpc) is 2.93. The summed E-state index contributed by atoms with van der Waals surface area (Å²) in [6.45, 7) is 2.89. The fraction of sp³-hybridized carbons (Fsp3) is 0.417. The summed E-state index contributed by atoms with van der Waals surface area (Å²) < 4.78 is 5.66. The molecule has 1 aliphatic heterocycles. The Kier molecular flexibility index (Phi) is 4.98. The number of rotatable bonds is 5. The van der Waals surface area contributed by atoms with Crippen LogP contribution in [0.1, 0.15) is 6.92 Å². The molecule has 19 heavy (non-hydrogen) atoms. The van der Waals surface area contributed by atoms with E-state index in [-0.39, 0.29) is 18.1 Å². The summed E-state index contributed by atoms with van der Waals surface area (Å²) in [7, 11) is 0. The summed E-state index contributed by atoms with van der Waals surface area (Å²) in [5.41, 5.74) is 8.31. The van der Waals surface area contributed by atoms with E-state index in [0.717, 1.165) is 5.75 Å². The molecule has 0 bridgehead atoms. The molecule has 7 heteroatoms. The number of carbonyl (C=O) groups is 1. The van der Waals surface area contributed by atoms with Crippen molar-refractivity contribution in [3.05, 3.63) is 29.3 Å². The van der Waals surface area contributed by atoms with Crippen molar-refractivity contribution in [1.29, 1.82) is 0 Å². The SMILES string of the molecule is CC(CNC(=O)C1CNNN1)Oc1ccc(Cl)cc1. The van der Waals surface area contributed by atoms with Gasteiger partial charge in [-0.15, -0.1) is 0 Å². The Morgan fingerprint density at radius 3 is 2.89 bits per heavy atom. The molecular formula is C12H17ClN4O2. The molecule has 1 saturated heterocycles. The van der Waals surface area contributed by atoms with Gasteiger partial charge in [-0.1, -0.05) is 11.6 Å². The Hall–Kier alpha value is -1.34. The van der Waals surface area contributed by atoms with Gasteiger partial charge in [0, 0.05) is 11.6 Å². The van der Waals surface area contributed by atoms with Crippen LogP contribution in [-0.2, 0) is 4.79 Å². The number of amides is 1. The first-order valence-electron chi connectivity index (χ1n) is 6.08. The van der Waals surface area contributed by atoms with Crippen molar-refractivity contribution in [3.63, 3.8) is 0 Å². The first-order chi connectivity index (χ1) is 9.15. The van der Waals surface area contributed by atoms with Crippen LogP contribution in [0.4, 0.5) is 0 Å². The topological polar surface area (TPSA) is 74.4 Å². The van der Waals surface area contributed by atoms with Crippen LogP contribution in [-0.4, -0.2) is 31.1 Å². The minimum atomic E-state index is -0.261. The summed E-state index contributed by atoms with van der Waals surface area (Å²) >= 11 is 5.79. The molecule has 104 valence electrons. The third kappa shape index (κ3) is 4.36. The second-order valence-electron chi connectivity index (χ2n) is 4.33. The summed E-state index contributed by atoms with van der Waals surface area (Å²) in [6.07, 6.45) is -0.118. The Morgan fingerprint density at radius 2 is 2.26 bits per heavy atom. The van der Waals surface area contributed by atoms with Crippen LogP contribution in [0.2, 0.25) is 5.02 Å². The molecule has 6 nitrogen and oxygen atoms in total. The summed E-state index contributed by atoms with van der Waals surface area (Å²) in [4.78, 5) is 11.7. The van der Waals surface area contributed by atoms with Crippen LogP contribution in [0.5, 0.6) is 5.75 Å². The third-order valence-corrected chi connectivity index (χ3v) is 2.92. The molecule has 1 aromatic carbocycles. The van der Waals surface area contributed by atoms with Gasteiger partial charge in [0.25, 0.3) is 0 Å². The van der Waals surface area contributed by atoms with Crippen molar-refractivity contribution in [1.82, 2.24) is 21.7 Å². The summed E-state index contributed by atoms with van der Waals surface area (Å²) in [5, 5.41) is 3.49. The van der Waals surface area contributed by atoms with Gasteiger partial charge in [0.2, 0.25) is 5.91 Å². The van der Waals surface area contributed by atoms with E-state index in [1.165, 1.54) is 0 Å². The molecule has 2 rings (SSSR count). The molecular weight excluding hydrogens is 268 g/mol. The van der Waals surface area contributed by atoms with Gasteiger partial charge >= 0.3 is 0 Å². The minimum Gasteiger partial charge on any atom is -0.489 e. The van der Waals surface area contributed by atoms with Crippen molar-refractivity contribution >= 4 is 17.5 Å². The zero-order chi connectivity index (χ0) is 13.7. The lowest BCUT2D eigenvalue weighted by Gasteiger charge is -2.16. The van der Waals surface area contributed by atoms with E-state index in [0.29, 0.717) is 18.1 Å². The zero-order valence-corrected chi connectivity index (χ0v) is 11.3. The van der Waals surface area contributed by atoms with E-state index in [1.807, 2.05) is 6.92 Å². The number of nitrogens with one attached hydrogen (secondary N) is 4. The Morgan fingerprint density at radius 1 is 1.53 bits per heavy atom. The fourth-order valence-corrected chi connectivity index (χ4v) is 1.78. The van der Waals surface area contributed by atoms with E-state index < -0.39 is 0 Å². The first kappa shape index (κ1) is 14.1. The fourth-order valence-electron chi connectivity index (χ4n) is 1.66. The van der Waals surface area contributed by atoms with Gasteiger partial charge in [-0.25, -0.2) is 10.9 Å². The molecule has 1 aromatic rings. The van der Waals surface area contributed by atoms with Gasteiger partial charge in [-0.3, -0.25) is 4.79 Å². The number of hydrogen-bond donors (Lipinski definition) is 4. The van der Waals surface area contributed by atoms with E-state index in [4.69, 9.17) is 16.3 Å². The smallest absolute Gasteiger partial charge is 0.240 e. The monoisotopic (exact) mass is 284 g/mol. The quantitative estimate of drug-likeness (QED) is 0.622. The molecule has 1 amide bonds. The molecule has 0 saturated carbocycles. The van der Waals surface area contributed by atoms with Gasteiger partial charge < -0.3 is 10.1 Å². The summed E-state index contributed by atoms with van der Waals surface area (Å²) in [6, 6.07) is 6.87. The maximum Gasteiger partial charge on any atom is 0.240 e. The third-order valence-electron chi connectivity index (χ3n) is 2.67. The Labute approximate surface area is 116 Å². The number of hydrogen-bond acceptors (Lipinski definition) is 5. The maximum atomic E-state index is 11.7. The number of halogens is 1. The second-order valence-corrected chi connectivity index (χ2v) is 4.77. The lowest BCUT2D eigenvalue weighted by molar-refractivity contribution is -0.122. The van der Waals surface area contributed by atoms with E-state index in [2.05, 4.69) is 21.7 Å². The van der Waals surface area contributed by atoms with Gasteiger partial charge in [-0.2, -0.15) is 5.53 Å². The molecule has 1 heterocycles. The molecule has 0 radical (unpaired) electrons. The van der Waals surface area contributed by atoms with Gasteiger partial charge in [0.05, 0.1) is 6.54 Å². The molecule has 2 unspecified atom stereocenters. The molecule has 2 atom stereocenters. The van der Waals surface area contributed by atoms with Crippen molar-refractivity contribution in [2.24, 2.45) is 0 Å². The molecule has 0 aromatic heterocycles. The van der Waals surface area contributed by atoms with Crippen LogP contribution >= 0.6 is 11.6 Å². The Balaban J connectivity index is 1.73. The van der Waals surface area contributed by atoms with Gasteiger partial charge in [0.1, 0.15) is 17.9 Å². The molecule has 1 fully saturated rings. The van der Waals surface area contributed by atoms with Gasteiger partial charge in [0.15, 0.2) is 0 Å². The van der Waals surface area contributed by atoms with Crippen molar-refractivity contribution in [2.75, 3.05) is 13.1 Å². The lowest BCUT2D eigenvalue weighted by Crippen LogP contribution is -2.46. The number of ether oxygens (including phenoxy) is 1. The second kappa shape index (κ2) is 6.72.